The Balaban J connectivity index is 2.24. The van der Waals surface area contributed by atoms with Gasteiger partial charge in [0.2, 0.25) is 0 Å². The van der Waals surface area contributed by atoms with E-state index in [0.717, 1.165) is 17.5 Å². The topological polar surface area (TPSA) is 94.4 Å². The normalized spacial score (nSPS) is 11.7. The summed E-state index contributed by atoms with van der Waals surface area (Å²) in [6.45, 7) is 0. The van der Waals surface area contributed by atoms with Crippen LogP contribution in [0.15, 0.2) is 36.5 Å². The van der Waals surface area contributed by atoms with Crippen LogP contribution < -0.4 is 5.32 Å². The Bertz CT molecular complexity index is 614. The summed E-state index contributed by atoms with van der Waals surface area (Å²) in [6, 6.07) is 8.17. The van der Waals surface area contributed by atoms with Crippen LogP contribution in [-0.4, -0.2) is 23.0 Å². The van der Waals surface area contributed by atoms with Gasteiger partial charge in [0.05, 0.1) is 12.0 Å². The van der Waals surface area contributed by atoms with Crippen molar-refractivity contribution >= 4 is 27.4 Å². The molecule has 0 spiro atoms. The van der Waals surface area contributed by atoms with Crippen molar-refractivity contribution in [3.05, 3.63) is 52.2 Å². The van der Waals surface area contributed by atoms with Crippen LogP contribution in [0.4, 0.5) is 10.1 Å². The van der Waals surface area contributed by atoms with E-state index < -0.39 is 16.9 Å². The molecule has 0 aliphatic carbocycles. The molecule has 0 saturated carbocycles. The molecule has 20 heavy (non-hydrogen) atoms. The Morgan fingerprint density at radius 3 is 2.70 bits per heavy atom. The first-order valence-corrected chi connectivity index (χ1v) is 6.43. The number of aromatic nitrogens is 1. The first kappa shape index (κ1) is 13.9. The number of methoxy groups -OCH3 is 1. The SMILES string of the molecule is COC(=O)C(Nc1ncc([N+](=O)[O-])s1)c1ccccc1. The van der Waals surface area contributed by atoms with Gasteiger partial charge in [-0.15, -0.1) is 0 Å². The Morgan fingerprint density at radius 1 is 1.45 bits per heavy atom. The van der Waals surface area contributed by atoms with Gasteiger partial charge >= 0.3 is 11.0 Å². The van der Waals surface area contributed by atoms with E-state index in [1.807, 2.05) is 6.07 Å². The van der Waals surface area contributed by atoms with Gasteiger partial charge in [0.1, 0.15) is 6.20 Å². The molecule has 104 valence electrons. The van der Waals surface area contributed by atoms with E-state index in [4.69, 9.17) is 4.74 Å². The lowest BCUT2D eigenvalue weighted by molar-refractivity contribution is -0.380. The lowest BCUT2D eigenvalue weighted by Crippen LogP contribution is -2.22. The minimum atomic E-state index is -0.757. The molecule has 1 atom stereocenters. The summed E-state index contributed by atoms with van der Waals surface area (Å²) in [5.74, 6) is -0.492. The molecule has 7 nitrogen and oxygen atoms in total. The van der Waals surface area contributed by atoms with E-state index in [9.17, 15) is 14.9 Å². The van der Waals surface area contributed by atoms with Crippen LogP contribution in [0.2, 0.25) is 0 Å². The van der Waals surface area contributed by atoms with Gasteiger partial charge in [-0.25, -0.2) is 9.78 Å². The number of carbonyl (C=O) groups is 1. The lowest BCUT2D eigenvalue weighted by Gasteiger charge is -2.15. The minimum absolute atomic E-state index is 0.0934. The van der Waals surface area contributed by atoms with Crippen molar-refractivity contribution in [2.45, 2.75) is 6.04 Å². The average Bonchev–Trinajstić information content (AvgIpc) is 2.94. The predicted octanol–water partition coefficient (Wildman–Crippen LogP) is 2.38. The highest BCUT2D eigenvalue weighted by molar-refractivity contribution is 7.18. The van der Waals surface area contributed by atoms with Crippen LogP contribution >= 0.6 is 11.3 Å². The van der Waals surface area contributed by atoms with Gasteiger partial charge < -0.3 is 10.1 Å². The Morgan fingerprint density at radius 2 is 2.15 bits per heavy atom. The monoisotopic (exact) mass is 293 g/mol. The summed E-state index contributed by atoms with van der Waals surface area (Å²) in [5.41, 5.74) is 0.692. The number of ether oxygens (including phenoxy) is 1. The van der Waals surface area contributed by atoms with Crippen molar-refractivity contribution in [2.24, 2.45) is 0 Å². The van der Waals surface area contributed by atoms with Gasteiger partial charge in [0.25, 0.3) is 0 Å². The molecule has 2 aromatic rings. The number of nitro groups is 1. The number of thiazole rings is 1. The van der Waals surface area contributed by atoms with Crippen molar-refractivity contribution in [1.29, 1.82) is 0 Å². The number of nitrogens with zero attached hydrogens (tertiary/aromatic N) is 2. The number of carbonyl (C=O) groups excluding carboxylic acids is 1. The quantitative estimate of drug-likeness (QED) is 0.516. The number of rotatable bonds is 5. The van der Waals surface area contributed by atoms with Crippen LogP contribution in [0.25, 0.3) is 0 Å². The van der Waals surface area contributed by atoms with Crippen LogP contribution in [0.3, 0.4) is 0 Å². The van der Waals surface area contributed by atoms with Crippen LogP contribution in [-0.2, 0) is 9.53 Å². The van der Waals surface area contributed by atoms with Gasteiger partial charge in [-0.05, 0) is 16.9 Å². The van der Waals surface area contributed by atoms with E-state index in [2.05, 4.69) is 10.3 Å². The van der Waals surface area contributed by atoms with E-state index in [0.29, 0.717) is 5.56 Å². The second kappa shape index (κ2) is 6.11. The maximum atomic E-state index is 11.8. The summed E-state index contributed by atoms with van der Waals surface area (Å²) < 4.78 is 4.73. The highest BCUT2D eigenvalue weighted by Gasteiger charge is 2.23. The lowest BCUT2D eigenvalue weighted by atomic mass is 10.1. The third-order valence-corrected chi connectivity index (χ3v) is 3.39. The summed E-state index contributed by atoms with van der Waals surface area (Å²) in [5, 5.41) is 13.7. The molecule has 0 aliphatic rings. The molecule has 1 unspecified atom stereocenters. The van der Waals surface area contributed by atoms with Crippen LogP contribution in [0.1, 0.15) is 11.6 Å². The van der Waals surface area contributed by atoms with Crippen LogP contribution in [0, 0.1) is 10.1 Å². The average molecular weight is 293 g/mol. The molecule has 0 bridgehead atoms. The van der Waals surface area contributed by atoms with Crippen molar-refractivity contribution in [2.75, 3.05) is 12.4 Å². The highest BCUT2D eigenvalue weighted by atomic mass is 32.1. The molecule has 0 amide bonds. The van der Waals surface area contributed by atoms with E-state index in [-0.39, 0.29) is 10.1 Å². The second-order valence-electron chi connectivity index (χ2n) is 3.77. The number of nitrogens with one attached hydrogen (secondary N) is 1. The fraction of sp³-hybridized carbons (Fsp3) is 0.167. The van der Waals surface area contributed by atoms with Gasteiger partial charge in [-0.1, -0.05) is 30.3 Å². The number of esters is 1. The molecule has 1 N–H and O–H groups in total. The first-order chi connectivity index (χ1) is 9.61. The van der Waals surface area contributed by atoms with Gasteiger partial charge in [-0.2, -0.15) is 0 Å². The fourth-order valence-corrected chi connectivity index (χ4v) is 2.24. The number of anilines is 1. The molecule has 0 saturated heterocycles. The maximum Gasteiger partial charge on any atom is 0.345 e. The first-order valence-electron chi connectivity index (χ1n) is 5.61. The summed E-state index contributed by atoms with van der Waals surface area (Å²) in [7, 11) is 1.28. The zero-order chi connectivity index (χ0) is 14.5. The summed E-state index contributed by atoms with van der Waals surface area (Å²) in [6.07, 6.45) is 1.15. The second-order valence-corrected chi connectivity index (χ2v) is 4.78. The molecule has 0 radical (unpaired) electrons. The molecule has 1 aromatic heterocycles. The van der Waals surface area contributed by atoms with Gasteiger partial charge in [0.15, 0.2) is 11.2 Å². The summed E-state index contributed by atoms with van der Waals surface area (Å²) in [4.78, 5) is 25.8. The molecule has 0 fully saturated rings. The third kappa shape index (κ3) is 3.09. The number of benzene rings is 1. The van der Waals surface area contributed by atoms with Crippen molar-refractivity contribution in [3.8, 4) is 0 Å². The van der Waals surface area contributed by atoms with Gasteiger partial charge in [-0.3, -0.25) is 10.1 Å². The predicted molar refractivity (Wildman–Crippen MR) is 73.6 cm³/mol. The van der Waals surface area contributed by atoms with E-state index >= 15 is 0 Å². The van der Waals surface area contributed by atoms with Crippen molar-refractivity contribution in [1.82, 2.24) is 4.98 Å². The number of hydrogen-bond donors (Lipinski definition) is 1. The molecule has 1 heterocycles. The number of hydrogen-bond acceptors (Lipinski definition) is 7. The Hall–Kier alpha value is -2.48. The molecular weight excluding hydrogens is 282 g/mol. The van der Waals surface area contributed by atoms with Crippen molar-refractivity contribution in [3.63, 3.8) is 0 Å². The van der Waals surface area contributed by atoms with E-state index in [1.165, 1.54) is 7.11 Å². The third-order valence-electron chi connectivity index (χ3n) is 2.51. The van der Waals surface area contributed by atoms with Crippen molar-refractivity contribution < 1.29 is 14.5 Å². The fourth-order valence-electron chi connectivity index (χ4n) is 1.58. The molecular formula is C12H11N3O4S. The van der Waals surface area contributed by atoms with Gasteiger partial charge in [0, 0.05) is 0 Å². The Labute approximate surface area is 118 Å². The maximum absolute atomic E-state index is 11.8. The van der Waals surface area contributed by atoms with E-state index in [1.54, 1.807) is 24.3 Å². The standard InChI is InChI=1S/C12H11N3O4S/c1-19-11(16)10(8-5-3-2-4-6-8)14-12-13-7-9(20-12)15(17)18/h2-7,10H,1H3,(H,13,14). The minimum Gasteiger partial charge on any atom is -0.467 e. The zero-order valence-electron chi connectivity index (χ0n) is 10.5. The smallest absolute Gasteiger partial charge is 0.345 e. The van der Waals surface area contributed by atoms with Crippen LogP contribution in [0.5, 0.6) is 0 Å². The molecule has 2 rings (SSSR count). The molecule has 1 aromatic carbocycles. The highest BCUT2D eigenvalue weighted by Crippen LogP contribution is 2.28. The molecule has 8 heteroatoms. The largest absolute Gasteiger partial charge is 0.467 e. The zero-order valence-corrected chi connectivity index (χ0v) is 11.3. The molecule has 0 aliphatic heterocycles. The Kier molecular flexibility index (Phi) is 4.26. The summed E-state index contributed by atoms with van der Waals surface area (Å²) >= 11 is 0.863.